The number of aliphatic imine (C=N–C) groups is 1. The van der Waals surface area contributed by atoms with E-state index in [2.05, 4.69) is 41.0 Å². The van der Waals surface area contributed by atoms with Crippen LogP contribution in [0.4, 0.5) is 0 Å². The molecule has 0 radical (unpaired) electrons. The number of hydrogen-bond acceptors (Lipinski definition) is 3. The highest BCUT2D eigenvalue weighted by molar-refractivity contribution is 7.99. The molecule has 0 unspecified atom stereocenters. The summed E-state index contributed by atoms with van der Waals surface area (Å²) in [5.41, 5.74) is 0. The van der Waals surface area contributed by atoms with Gasteiger partial charge >= 0.3 is 0 Å². The number of carbonyl (C=O) groups is 1. The molecule has 0 heterocycles. The van der Waals surface area contributed by atoms with Crippen LogP contribution in [-0.4, -0.2) is 49.0 Å². The number of nitrogens with zero attached hydrogens (tertiary/aromatic N) is 1. The lowest BCUT2D eigenvalue weighted by atomic mass is 10.2. The number of thioether (sulfide) groups is 1. The average Bonchev–Trinajstić information content (AvgIpc) is 2.40. The summed E-state index contributed by atoms with van der Waals surface area (Å²) in [4.78, 5) is 16.0. The first kappa shape index (κ1) is 19.1. The highest BCUT2D eigenvalue weighted by atomic mass is 32.2. The standard InChI is InChI=1S/C14H30N4OS/c1-7-15-13(18-10-14(4,5)20-6)17-9-8-16-12(19)11(2)3/h11H,7-10H2,1-6H3,(H,16,19)(H2,15,17,18). The van der Waals surface area contributed by atoms with E-state index in [1.54, 1.807) is 11.8 Å². The van der Waals surface area contributed by atoms with Crippen molar-refractivity contribution >= 4 is 23.6 Å². The SMILES string of the molecule is CCNC(=NCC(C)(C)SC)NCCNC(=O)C(C)C. The third kappa shape index (κ3) is 9.07. The zero-order valence-corrected chi connectivity index (χ0v) is 14.5. The number of amides is 1. The summed E-state index contributed by atoms with van der Waals surface area (Å²) >= 11 is 1.80. The van der Waals surface area contributed by atoms with E-state index >= 15 is 0 Å². The van der Waals surface area contributed by atoms with Crippen molar-refractivity contribution in [2.75, 3.05) is 32.4 Å². The van der Waals surface area contributed by atoms with Crippen LogP contribution in [0.5, 0.6) is 0 Å². The maximum atomic E-state index is 11.4. The maximum absolute atomic E-state index is 11.4. The minimum absolute atomic E-state index is 0.0271. The number of carbonyl (C=O) groups excluding carboxylic acids is 1. The Morgan fingerprint density at radius 2 is 1.80 bits per heavy atom. The van der Waals surface area contributed by atoms with Gasteiger partial charge in [-0.15, -0.1) is 0 Å². The maximum Gasteiger partial charge on any atom is 0.222 e. The Hall–Kier alpha value is -0.910. The average molecular weight is 302 g/mol. The second-order valence-corrected chi connectivity index (χ2v) is 7.04. The monoisotopic (exact) mass is 302 g/mol. The van der Waals surface area contributed by atoms with E-state index in [0.717, 1.165) is 19.0 Å². The first-order valence-corrected chi connectivity index (χ1v) is 8.40. The van der Waals surface area contributed by atoms with Gasteiger partial charge in [0.1, 0.15) is 0 Å². The lowest BCUT2D eigenvalue weighted by molar-refractivity contribution is -0.123. The Labute approximate surface area is 127 Å². The van der Waals surface area contributed by atoms with Gasteiger partial charge in [-0.25, -0.2) is 0 Å². The molecule has 3 N–H and O–H groups in total. The molecule has 0 bridgehead atoms. The van der Waals surface area contributed by atoms with Gasteiger partial charge in [0, 0.05) is 30.3 Å². The van der Waals surface area contributed by atoms with Crippen molar-refractivity contribution < 1.29 is 4.79 Å². The minimum atomic E-state index is 0.0271. The zero-order valence-electron chi connectivity index (χ0n) is 13.7. The van der Waals surface area contributed by atoms with Crippen LogP contribution in [0.2, 0.25) is 0 Å². The summed E-state index contributed by atoms with van der Waals surface area (Å²) in [7, 11) is 0. The smallest absolute Gasteiger partial charge is 0.222 e. The van der Waals surface area contributed by atoms with Crippen molar-refractivity contribution in [1.29, 1.82) is 0 Å². The van der Waals surface area contributed by atoms with Crippen LogP contribution >= 0.6 is 11.8 Å². The number of hydrogen-bond donors (Lipinski definition) is 3. The van der Waals surface area contributed by atoms with Gasteiger partial charge in [0.15, 0.2) is 5.96 Å². The number of guanidine groups is 1. The van der Waals surface area contributed by atoms with Gasteiger partial charge in [0.05, 0.1) is 6.54 Å². The van der Waals surface area contributed by atoms with Gasteiger partial charge in [-0.05, 0) is 27.0 Å². The Morgan fingerprint density at radius 3 is 2.30 bits per heavy atom. The summed E-state index contributed by atoms with van der Waals surface area (Å²) in [5.74, 6) is 0.907. The first-order chi connectivity index (χ1) is 9.32. The fraction of sp³-hybridized carbons (Fsp3) is 0.857. The zero-order chi connectivity index (χ0) is 15.6. The third-order valence-electron chi connectivity index (χ3n) is 2.76. The molecule has 0 saturated carbocycles. The largest absolute Gasteiger partial charge is 0.357 e. The van der Waals surface area contributed by atoms with Crippen molar-refractivity contribution in [3.8, 4) is 0 Å². The van der Waals surface area contributed by atoms with Crippen molar-refractivity contribution in [3.05, 3.63) is 0 Å². The molecule has 0 spiro atoms. The summed E-state index contributed by atoms with van der Waals surface area (Å²) in [6.07, 6.45) is 2.09. The van der Waals surface area contributed by atoms with Gasteiger partial charge < -0.3 is 16.0 Å². The number of rotatable bonds is 8. The van der Waals surface area contributed by atoms with Crippen molar-refractivity contribution in [3.63, 3.8) is 0 Å². The summed E-state index contributed by atoms with van der Waals surface area (Å²) < 4.78 is 0.133. The topological polar surface area (TPSA) is 65.5 Å². The third-order valence-corrected chi connectivity index (χ3v) is 3.99. The van der Waals surface area contributed by atoms with E-state index in [1.807, 2.05) is 20.8 Å². The van der Waals surface area contributed by atoms with E-state index in [1.165, 1.54) is 0 Å². The van der Waals surface area contributed by atoms with E-state index < -0.39 is 0 Å². The Balaban J connectivity index is 4.15. The second-order valence-electron chi connectivity index (χ2n) is 5.53. The molecule has 1 amide bonds. The highest BCUT2D eigenvalue weighted by Crippen LogP contribution is 2.20. The molecule has 20 heavy (non-hydrogen) atoms. The van der Waals surface area contributed by atoms with Gasteiger partial charge in [-0.2, -0.15) is 11.8 Å². The van der Waals surface area contributed by atoms with E-state index in [-0.39, 0.29) is 16.6 Å². The summed E-state index contributed by atoms with van der Waals surface area (Å²) in [6.45, 7) is 13.0. The minimum Gasteiger partial charge on any atom is -0.357 e. The summed E-state index contributed by atoms with van der Waals surface area (Å²) in [5, 5.41) is 9.31. The quantitative estimate of drug-likeness (QED) is 0.361. The Bertz CT molecular complexity index is 316. The predicted octanol–water partition coefficient (Wildman–Crippen LogP) is 1.46. The van der Waals surface area contributed by atoms with Crippen molar-refractivity contribution in [2.45, 2.75) is 39.4 Å². The Kier molecular flexibility index (Phi) is 9.46. The molecule has 6 heteroatoms. The van der Waals surface area contributed by atoms with E-state index in [4.69, 9.17) is 0 Å². The summed E-state index contributed by atoms with van der Waals surface area (Å²) in [6, 6.07) is 0. The fourth-order valence-electron chi connectivity index (χ4n) is 1.25. The van der Waals surface area contributed by atoms with Crippen molar-refractivity contribution in [2.24, 2.45) is 10.9 Å². The van der Waals surface area contributed by atoms with Gasteiger partial charge in [-0.3, -0.25) is 9.79 Å². The molecule has 0 aromatic heterocycles. The van der Waals surface area contributed by atoms with Crippen LogP contribution in [0.3, 0.4) is 0 Å². The van der Waals surface area contributed by atoms with Crippen LogP contribution < -0.4 is 16.0 Å². The first-order valence-electron chi connectivity index (χ1n) is 7.17. The molecular weight excluding hydrogens is 272 g/mol. The normalized spacial score (nSPS) is 12.4. The van der Waals surface area contributed by atoms with Gasteiger partial charge in [0.25, 0.3) is 0 Å². The highest BCUT2D eigenvalue weighted by Gasteiger charge is 2.15. The molecule has 0 atom stereocenters. The molecule has 5 nitrogen and oxygen atoms in total. The Morgan fingerprint density at radius 1 is 1.20 bits per heavy atom. The van der Waals surface area contributed by atoms with E-state index in [9.17, 15) is 4.79 Å². The molecule has 0 aromatic rings. The van der Waals surface area contributed by atoms with Crippen LogP contribution in [0.1, 0.15) is 34.6 Å². The molecule has 0 aliphatic carbocycles. The van der Waals surface area contributed by atoms with Gasteiger partial charge in [0.2, 0.25) is 5.91 Å². The molecule has 0 aliphatic rings. The fourth-order valence-corrected chi connectivity index (χ4v) is 1.44. The van der Waals surface area contributed by atoms with Crippen LogP contribution in [0.25, 0.3) is 0 Å². The molecule has 0 fully saturated rings. The molecule has 0 aliphatic heterocycles. The molecule has 0 rings (SSSR count). The lowest BCUT2D eigenvalue weighted by Crippen LogP contribution is -2.42. The molecule has 0 aromatic carbocycles. The number of nitrogens with one attached hydrogen (secondary N) is 3. The second kappa shape index (κ2) is 9.91. The lowest BCUT2D eigenvalue weighted by Gasteiger charge is -2.20. The van der Waals surface area contributed by atoms with Crippen LogP contribution in [0, 0.1) is 5.92 Å². The molecule has 118 valence electrons. The van der Waals surface area contributed by atoms with Crippen molar-refractivity contribution in [1.82, 2.24) is 16.0 Å². The van der Waals surface area contributed by atoms with Crippen LogP contribution in [0.15, 0.2) is 4.99 Å². The molecule has 0 saturated heterocycles. The van der Waals surface area contributed by atoms with Gasteiger partial charge in [-0.1, -0.05) is 13.8 Å². The predicted molar refractivity (Wildman–Crippen MR) is 89.4 cm³/mol. The van der Waals surface area contributed by atoms with Crippen LogP contribution in [-0.2, 0) is 4.79 Å². The molecular formula is C14H30N4OS. The van der Waals surface area contributed by atoms with E-state index in [0.29, 0.717) is 13.1 Å².